The van der Waals surface area contributed by atoms with Crippen molar-refractivity contribution in [2.45, 2.75) is 25.2 Å². The van der Waals surface area contributed by atoms with E-state index in [1.807, 2.05) is 22.7 Å². The number of phenols is 1. The maximum Gasteiger partial charge on any atom is 0.573 e. The number of ether oxygens (including phenoxy) is 1. The Bertz CT molecular complexity index is 1310. The first-order chi connectivity index (χ1) is 16.4. The van der Waals surface area contributed by atoms with Crippen LogP contribution in [0.3, 0.4) is 0 Å². The second-order valence-corrected chi connectivity index (χ2v) is 8.13. The number of hydrogen-bond donors (Lipinski definition) is 3. The summed E-state index contributed by atoms with van der Waals surface area (Å²) in [6.45, 7) is 1.83. The van der Waals surface area contributed by atoms with Gasteiger partial charge in [-0.05, 0) is 73.0 Å². The minimum absolute atomic E-state index is 0. The molecule has 0 amide bonds. The molecule has 1 fully saturated rings. The first-order valence-electron chi connectivity index (χ1n) is 10.9. The molecule has 1 atom stereocenters. The number of rotatable bonds is 5. The van der Waals surface area contributed by atoms with Crippen LogP contribution >= 0.6 is 12.4 Å². The van der Waals surface area contributed by atoms with Crippen molar-refractivity contribution in [2.75, 3.05) is 18.4 Å². The predicted molar refractivity (Wildman–Crippen MR) is 129 cm³/mol. The number of alkyl halides is 3. The van der Waals surface area contributed by atoms with Gasteiger partial charge >= 0.3 is 6.36 Å². The number of hydrogen-bond acceptors (Lipinski definition) is 6. The van der Waals surface area contributed by atoms with Crippen molar-refractivity contribution >= 4 is 23.9 Å². The van der Waals surface area contributed by atoms with Crippen molar-refractivity contribution in [1.82, 2.24) is 19.9 Å². The second kappa shape index (κ2) is 10.0. The zero-order valence-corrected chi connectivity index (χ0v) is 19.2. The fraction of sp³-hybridized carbons (Fsp3) is 0.250. The molecule has 0 bridgehead atoms. The number of benzene rings is 2. The van der Waals surface area contributed by atoms with Gasteiger partial charge in [0.25, 0.3) is 0 Å². The van der Waals surface area contributed by atoms with E-state index in [1.54, 1.807) is 18.2 Å². The number of fused-ring (bicyclic) bond motifs is 1. The average Bonchev–Trinajstić information content (AvgIpc) is 3.30. The molecule has 1 aliphatic heterocycles. The van der Waals surface area contributed by atoms with Gasteiger partial charge in [0.1, 0.15) is 17.2 Å². The topological polar surface area (TPSA) is 83.7 Å². The number of anilines is 1. The first kappa shape index (κ1) is 24.6. The number of phenolic OH excluding ortho intramolecular Hbond substituents is 1. The summed E-state index contributed by atoms with van der Waals surface area (Å²) in [5.41, 5.74) is 2.92. The monoisotopic (exact) mass is 505 g/mol. The third-order valence-electron chi connectivity index (χ3n) is 5.75. The Kier molecular flexibility index (Phi) is 7.04. The van der Waals surface area contributed by atoms with Crippen molar-refractivity contribution in [3.63, 3.8) is 0 Å². The molecule has 0 aliphatic carbocycles. The van der Waals surface area contributed by atoms with E-state index in [1.165, 1.54) is 24.3 Å². The summed E-state index contributed by atoms with van der Waals surface area (Å²) < 4.78 is 44.6. The number of halogens is 4. The zero-order chi connectivity index (χ0) is 23.7. The van der Waals surface area contributed by atoms with Gasteiger partial charge < -0.3 is 20.5 Å². The molecule has 0 spiro atoms. The molecule has 11 heteroatoms. The van der Waals surface area contributed by atoms with Crippen LogP contribution in [-0.4, -0.2) is 45.2 Å². The molecule has 5 rings (SSSR count). The van der Waals surface area contributed by atoms with Gasteiger partial charge in [0, 0.05) is 24.3 Å². The summed E-state index contributed by atoms with van der Waals surface area (Å²) in [7, 11) is 0. The van der Waals surface area contributed by atoms with Gasteiger partial charge in [-0.2, -0.15) is 0 Å². The smallest absolute Gasteiger partial charge is 0.508 e. The lowest BCUT2D eigenvalue weighted by molar-refractivity contribution is -0.274. The Morgan fingerprint density at radius 2 is 1.86 bits per heavy atom. The summed E-state index contributed by atoms with van der Waals surface area (Å²) in [4.78, 5) is 0. The van der Waals surface area contributed by atoms with Crippen LogP contribution in [-0.2, 0) is 0 Å². The molecular formula is C24H23ClF3N5O2. The Morgan fingerprint density at radius 1 is 1.06 bits per heavy atom. The molecule has 0 unspecified atom stereocenters. The normalized spacial score (nSPS) is 16.0. The fourth-order valence-corrected chi connectivity index (χ4v) is 4.21. The van der Waals surface area contributed by atoms with Crippen molar-refractivity contribution in [1.29, 1.82) is 0 Å². The number of piperidine rings is 1. The van der Waals surface area contributed by atoms with Crippen molar-refractivity contribution in [2.24, 2.45) is 0 Å². The van der Waals surface area contributed by atoms with Gasteiger partial charge in [0.05, 0.1) is 5.52 Å². The molecule has 3 heterocycles. The highest BCUT2D eigenvalue weighted by Crippen LogP contribution is 2.38. The maximum absolute atomic E-state index is 12.9. The van der Waals surface area contributed by atoms with Crippen molar-refractivity contribution < 1.29 is 23.0 Å². The van der Waals surface area contributed by atoms with E-state index in [-0.39, 0.29) is 29.9 Å². The number of aromatic hydroxyl groups is 1. The van der Waals surface area contributed by atoms with Crippen LogP contribution in [0.25, 0.3) is 27.9 Å². The number of nitrogens with one attached hydrogen (secondary N) is 2. The summed E-state index contributed by atoms with van der Waals surface area (Å²) in [5.74, 6) is 0.303. The highest BCUT2D eigenvalue weighted by molar-refractivity contribution is 5.89. The molecule has 0 saturated carbocycles. The minimum Gasteiger partial charge on any atom is -0.508 e. The lowest BCUT2D eigenvalue weighted by Crippen LogP contribution is -2.39. The van der Waals surface area contributed by atoms with E-state index in [9.17, 15) is 18.3 Å². The Morgan fingerprint density at radius 3 is 2.57 bits per heavy atom. The molecule has 184 valence electrons. The van der Waals surface area contributed by atoms with Gasteiger partial charge in [-0.1, -0.05) is 12.1 Å². The third kappa shape index (κ3) is 5.44. The van der Waals surface area contributed by atoms with Gasteiger partial charge in [0.2, 0.25) is 5.95 Å². The zero-order valence-electron chi connectivity index (χ0n) is 18.4. The van der Waals surface area contributed by atoms with Crippen LogP contribution in [0.2, 0.25) is 0 Å². The van der Waals surface area contributed by atoms with Crippen LogP contribution < -0.4 is 15.4 Å². The fourth-order valence-electron chi connectivity index (χ4n) is 4.21. The standard InChI is InChI=1S/C24H22F3N5O2.ClH/c25-24(26,27)34-18-9-10-19(20(13-18)15-5-7-17(33)8-6-15)22-21-4-2-12-32(21)23(31-30-22)29-16-3-1-11-28-14-16;/h2,4-10,12-13,16,28,33H,1,3,11,14H2,(H,29,31);1H/t16-;/m1./s1. The highest BCUT2D eigenvalue weighted by Gasteiger charge is 2.31. The summed E-state index contributed by atoms with van der Waals surface area (Å²) in [5, 5.41) is 25.3. The molecule has 35 heavy (non-hydrogen) atoms. The molecule has 7 nitrogen and oxygen atoms in total. The lowest BCUT2D eigenvalue weighted by atomic mass is 9.96. The summed E-state index contributed by atoms with van der Waals surface area (Å²) in [6, 6.07) is 14.3. The van der Waals surface area contributed by atoms with Crippen LogP contribution in [0.1, 0.15) is 12.8 Å². The SMILES string of the molecule is Cl.Oc1ccc(-c2cc(OC(F)(F)F)ccc2-c2nnc(N[C@@H]3CCCNC3)n3cccc23)cc1. The predicted octanol–water partition coefficient (Wildman–Crippen LogP) is 5.25. The first-order valence-corrected chi connectivity index (χ1v) is 10.9. The van der Waals surface area contributed by atoms with Crippen LogP contribution in [0, 0.1) is 0 Å². The molecular weight excluding hydrogens is 483 g/mol. The summed E-state index contributed by atoms with van der Waals surface area (Å²) in [6.07, 6.45) is -0.859. The van der Waals surface area contributed by atoms with Crippen molar-refractivity contribution in [3.05, 3.63) is 60.8 Å². The third-order valence-corrected chi connectivity index (χ3v) is 5.75. The molecule has 0 radical (unpaired) electrons. The van der Waals surface area contributed by atoms with E-state index in [4.69, 9.17) is 0 Å². The lowest BCUT2D eigenvalue weighted by Gasteiger charge is -2.24. The van der Waals surface area contributed by atoms with Crippen LogP contribution in [0.4, 0.5) is 19.1 Å². The average molecular weight is 506 g/mol. The van der Waals surface area contributed by atoms with Gasteiger partial charge in [-0.15, -0.1) is 35.8 Å². The van der Waals surface area contributed by atoms with Gasteiger partial charge in [0.15, 0.2) is 0 Å². The molecule has 1 aliphatic rings. The molecule has 2 aromatic carbocycles. The molecule has 4 aromatic rings. The van der Waals surface area contributed by atoms with Crippen LogP contribution in [0.5, 0.6) is 11.5 Å². The number of aromatic nitrogens is 3. The van der Waals surface area contributed by atoms with E-state index >= 15 is 0 Å². The van der Waals surface area contributed by atoms with Crippen molar-refractivity contribution in [3.8, 4) is 33.9 Å². The Labute approximate surface area is 205 Å². The molecule has 3 N–H and O–H groups in total. The van der Waals surface area contributed by atoms with Crippen LogP contribution in [0.15, 0.2) is 60.8 Å². The van der Waals surface area contributed by atoms with E-state index in [2.05, 4.69) is 25.6 Å². The van der Waals surface area contributed by atoms with E-state index in [0.29, 0.717) is 28.3 Å². The van der Waals surface area contributed by atoms with Gasteiger partial charge in [-0.3, -0.25) is 4.40 Å². The van der Waals surface area contributed by atoms with E-state index in [0.717, 1.165) is 31.4 Å². The maximum atomic E-state index is 12.9. The van der Waals surface area contributed by atoms with Gasteiger partial charge in [-0.25, -0.2) is 0 Å². The van der Waals surface area contributed by atoms with E-state index < -0.39 is 6.36 Å². The number of nitrogens with zero attached hydrogens (tertiary/aromatic N) is 3. The molecule has 1 saturated heterocycles. The minimum atomic E-state index is -4.82. The quantitative estimate of drug-likeness (QED) is 0.343. The second-order valence-electron chi connectivity index (χ2n) is 8.13. The summed E-state index contributed by atoms with van der Waals surface area (Å²) >= 11 is 0. The molecule has 2 aromatic heterocycles. The largest absolute Gasteiger partial charge is 0.573 e. The Balaban J connectivity index is 0.00000289. The Hall–Kier alpha value is -3.50. The highest BCUT2D eigenvalue weighted by atomic mass is 35.5.